The number of hydroxylamine groups is 2. The fourth-order valence-electron chi connectivity index (χ4n) is 4.17. The molecule has 8 nitrogen and oxygen atoms in total. The van der Waals surface area contributed by atoms with Gasteiger partial charge in [0, 0.05) is 31.9 Å². The van der Waals surface area contributed by atoms with Crippen molar-refractivity contribution < 1.29 is 19.5 Å². The van der Waals surface area contributed by atoms with Crippen LogP contribution < -0.4 is 5.32 Å². The van der Waals surface area contributed by atoms with Crippen LogP contribution in [-0.4, -0.2) is 83.4 Å². The van der Waals surface area contributed by atoms with E-state index in [-0.39, 0.29) is 12.0 Å². The number of amides is 2. The molecule has 31 heavy (non-hydrogen) atoms. The molecule has 0 aromatic heterocycles. The molecular formula is C21H30Cl2N4O4. The number of anilines is 1. The monoisotopic (exact) mass is 472 g/mol. The molecule has 172 valence electrons. The molecule has 3 atom stereocenters. The van der Waals surface area contributed by atoms with Crippen LogP contribution in [0.4, 0.5) is 10.5 Å². The van der Waals surface area contributed by atoms with E-state index >= 15 is 0 Å². The van der Waals surface area contributed by atoms with Crippen molar-refractivity contribution in [3.05, 3.63) is 28.2 Å². The molecule has 2 fully saturated rings. The van der Waals surface area contributed by atoms with Gasteiger partial charge >= 0.3 is 6.09 Å². The normalized spacial score (nSPS) is 25.5. The minimum Gasteiger partial charge on any atom is -0.392 e. The van der Waals surface area contributed by atoms with Crippen LogP contribution in [0.2, 0.25) is 10.0 Å². The molecular weight excluding hydrogens is 443 g/mol. The predicted molar refractivity (Wildman–Crippen MR) is 120 cm³/mol. The number of piperazine rings is 1. The van der Waals surface area contributed by atoms with Gasteiger partial charge in [0.15, 0.2) is 0 Å². The van der Waals surface area contributed by atoms with Crippen LogP contribution in [0, 0.1) is 5.92 Å². The molecule has 10 heteroatoms. The Morgan fingerprint density at radius 1 is 1.19 bits per heavy atom. The van der Waals surface area contributed by atoms with Crippen molar-refractivity contribution >= 4 is 40.9 Å². The van der Waals surface area contributed by atoms with Crippen LogP contribution in [-0.2, 0) is 9.63 Å². The number of hydrogen-bond acceptors (Lipinski definition) is 6. The summed E-state index contributed by atoms with van der Waals surface area (Å²) in [6.45, 7) is 7.98. The number of hydrogen-bond donors (Lipinski definition) is 2. The minimum absolute atomic E-state index is 0.0689. The van der Waals surface area contributed by atoms with Gasteiger partial charge in [-0.2, -0.15) is 0 Å². The van der Waals surface area contributed by atoms with Gasteiger partial charge in [0.05, 0.1) is 22.7 Å². The summed E-state index contributed by atoms with van der Waals surface area (Å²) in [5, 5.41) is 14.6. The Kier molecular flexibility index (Phi) is 8.41. The van der Waals surface area contributed by atoms with Gasteiger partial charge in [-0.1, -0.05) is 30.1 Å². The van der Waals surface area contributed by atoms with E-state index in [0.29, 0.717) is 47.8 Å². The molecule has 0 radical (unpaired) electrons. The third-order valence-electron chi connectivity index (χ3n) is 5.67. The Labute approximate surface area is 193 Å². The largest absolute Gasteiger partial charge is 0.430 e. The third kappa shape index (κ3) is 6.70. The highest BCUT2D eigenvalue weighted by molar-refractivity contribution is 6.42. The Morgan fingerprint density at radius 2 is 1.97 bits per heavy atom. The minimum atomic E-state index is -0.690. The first-order valence-corrected chi connectivity index (χ1v) is 11.4. The first-order valence-electron chi connectivity index (χ1n) is 10.6. The second-order valence-corrected chi connectivity index (χ2v) is 9.20. The maximum atomic E-state index is 12.7. The first kappa shape index (κ1) is 24.1. The maximum Gasteiger partial charge on any atom is 0.430 e. The van der Waals surface area contributed by atoms with Crippen LogP contribution in [0.5, 0.6) is 0 Å². The van der Waals surface area contributed by atoms with Crippen molar-refractivity contribution in [3.8, 4) is 0 Å². The molecule has 0 spiro atoms. The van der Waals surface area contributed by atoms with E-state index in [4.69, 9.17) is 28.0 Å². The van der Waals surface area contributed by atoms with Gasteiger partial charge in [0.2, 0.25) is 5.91 Å². The second kappa shape index (κ2) is 10.8. The lowest BCUT2D eigenvalue weighted by atomic mass is 9.98. The fraction of sp³-hybridized carbons (Fsp3) is 0.619. The highest BCUT2D eigenvalue weighted by atomic mass is 35.5. The van der Waals surface area contributed by atoms with Gasteiger partial charge in [0.25, 0.3) is 0 Å². The quantitative estimate of drug-likeness (QED) is 0.661. The molecule has 2 saturated heterocycles. The Balaban J connectivity index is 1.43. The molecule has 0 bridgehead atoms. The zero-order chi connectivity index (χ0) is 22.5. The van der Waals surface area contributed by atoms with Gasteiger partial charge in [-0.15, -0.1) is 5.06 Å². The number of nitrogens with one attached hydrogen (secondary N) is 1. The highest BCUT2D eigenvalue weighted by Crippen LogP contribution is 2.25. The smallest absolute Gasteiger partial charge is 0.392 e. The molecule has 2 amide bonds. The maximum absolute atomic E-state index is 12.7. The number of halogens is 2. The zero-order valence-corrected chi connectivity index (χ0v) is 19.4. The van der Waals surface area contributed by atoms with Crippen molar-refractivity contribution in [2.45, 2.75) is 38.8 Å². The summed E-state index contributed by atoms with van der Waals surface area (Å²) in [6.07, 6.45) is 0.745. The lowest BCUT2D eigenvalue weighted by molar-refractivity contribution is -0.174. The zero-order valence-electron chi connectivity index (χ0n) is 17.9. The number of aliphatic hydroxyl groups excluding tert-OH is 1. The van der Waals surface area contributed by atoms with Gasteiger partial charge in [0.1, 0.15) is 6.04 Å². The lowest BCUT2D eigenvalue weighted by Crippen LogP contribution is -2.56. The Bertz CT molecular complexity index is 787. The van der Waals surface area contributed by atoms with E-state index in [1.807, 2.05) is 4.90 Å². The number of carbonyl (C=O) groups excluding carboxylic acids is 2. The third-order valence-corrected chi connectivity index (χ3v) is 6.41. The Hall–Kier alpha value is -1.58. The van der Waals surface area contributed by atoms with Crippen molar-refractivity contribution in [2.24, 2.45) is 5.92 Å². The first-order chi connectivity index (χ1) is 14.7. The fourth-order valence-corrected chi connectivity index (χ4v) is 4.47. The summed E-state index contributed by atoms with van der Waals surface area (Å²) in [5.41, 5.74) is 0.453. The molecule has 0 aliphatic carbocycles. The summed E-state index contributed by atoms with van der Waals surface area (Å²) in [4.78, 5) is 34.4. The number of rotatable bonds is 6. The van der Waals surface area contributed by atoms with Crippen molar-refractivity contribution in [1.29, 1.82) is 0 Å². The van der Waals surface area contributed by atoms with Crippen molar-refractivity contribution in [2.75, 3.05) is 44.6 Å². The average Bonchev–Trinajstić information content (AvgIpc) is 2.69. The topological polar surface area (TPSA) is 85.3 Å². The van der Waals surface area contributed by atoms with Crippen LogP contribution in [0.25, 0.3) is 0 Å². The molecule has 0 unspecified atom stereocenters. The molecule has 1 aromatic carbocycles. The molecule has 0 saturated carbocycles. The summed E-state index contributed by atoms with van der Waals surface area (Å²) < 4.78 is 0. The van der Waals surface area contributed by atoms with Gasteiger partial charge in [-0.25, -0.2) is 4.79 Å². The Morgan fingerprint density at radius 3 is 2.68 bits per heavy atom. The van der Waals surface area contributed by atoms with E-state index in [9.17, 15) is 14.7 Å². The molecule has 2 aliphatic rings. The van der Waals surface area contributed by atoms with E-state index < -0.39 is 12.1 Å². The van der Waals surface area contributed by atoms with E-state index in [0.717, 1.165) is 25.9 Å². The summed E-state index contributed by atoms with van der Waals surface area (Å²) in [5.74, 6) is 0.418. The SMILES string of the molecule is C[C@H]1C[C@H](O)CN(CCCN2CCN(OC(=O)Nc3ccc(Cl)c(Cl)c3)[C@@H](C)C2=O)C1. The van der Waals surface area contributed by atoms with Gasteiger partial charge < -0.3 is 19.7 Å². The number of aliphatic hydroxyl groups is 1. The van der Waals surface area contributed by atoms with E-state index in [1.54, 1.807) is 19.1 Å². The van der Waals surface area contributed by atoms with Crippen LogP contribution in [0.1, 0.15) is 26.7 Å². The summed E-state index contributed by atoms with van der Waals surface area (Å²) in [7, 11) is 0. The van der Waals surface area contributed by atoms with Crippen LogP contribution in [0.3, 0.4) is 0 Å². The molecule has 2 aliphatic heterocycles. The summed E-state index contributed by atoms with van der Waals surface area (Å²) >= 11 is 11.8. The standard InChI is InChI=1S/C21H30Cl2N4O4/c1-14-10-17(28)13-25(12-14)6-3-7-26-8-9-27(15(2)20(26)29)31-21(30)24-16-4-5-18(22)19(23)11-16/h4-5,11,14-15,17,28H,3,6-10,12-13H2,1-2H3,(H,24,30)/t14-,15-,17-/m0/s1. The van der Waals surface area contributed by atoms with Gasteiger partial charge in [-0.05, 0) is 50.4 Å². The van der Waals surface area contributed by atoms with E-state index in [2.05, 4.69) is 17.1 Å². The number of likely N-dealkylation sites (tertiary alicyclic amines) is 1. The number of β-amino-alcohol motifs (C(OH)–C–C–N with tert-alkyl or cyclic N) is 1. The van der Waals surface area contributed by atoms with Gasteiger partial charge in [-0.3, -0.25) is 10.1 Å². The average molecular weight is 473 g/mol. The molecule has 2 N–H and O–H groups in total. The van der Waals surface area contributed by atoms with Crippen molar-refractivity contribution in [3.63, 3.8) is 0 Å². The highest BCUT2D eigenvalue weighted by Gasteiger charge is 2.34. The predicted octanol–water partition coefficient (Wildman–Crippen LogP) is 3.08. The number of carbonyl (C=O) groups is 2. The summed E-state index contributed by atoms with van der Waals surface area (Å²) in [6, 6.07) is 4.16. The second-order valence-electron chi connectivity index (χ2n) is 8.38. The number of benzene rings is 1. The molecule has 3 rings (SSSR count). The molecule has 1 aromatic rings. The number of piperidine rings is 1. The van der Waals surface area contributed by atoms with Crippen LogP contribution in [0.15, 0.2) is 18.2 Å². The molecule has 2 heterocycles. The van der Waals surface area contributed by atoms with E-state index in [1.165, 1.54) is 11.1 Å². The van der Waals surface area contributed by atoms with Crippen molar-refractivity contribution in [1.82, 2.24) is 14.9 Å². The lowest BCUT2D eigenvalue weighted by Gasteiger charge is -2.38. The van der Waals surface area contributed by atoms with Crippen LogP contribution >= 0.6 is 23.2 Å². The number of nitrogens with zero attached hydrogens (tertiary/aromatic N) is 3.